The van der Waals surface area contributed by atoms with Gasteiger partial charge in [0.15, 0.2) is 0 Å². The van der Waals surface area contributed by atoms with Crippen LogP contribution in [0.1, 0.15) is 23.3 Å². The van der Waals surface area contributed by atoms with Gasteiger partial charge in [0.1, 0.15) is 10.6 Å². The summed E-state index contributed by atoms with van der Waals surface area (Å²) in [6.07, 6.45) is 3.13. The number of hydrogen-bond donors (Lipinski definition) is 1. The molecule has 2 rings (SSSR count). The van der Waals surface area contributed by atoms with Crippen LogP contribution in [0, 0.1) is 0 Å². The minimum Gasteiger partial charge on any atom is -0.477 e. The van der Waals surface area contributed by atoms with Gasteiger partial charge in [-0.15, -0.1) is 0 Å². The Hall–Kier alpha value is -1.38. The second-order valence-corrected chi connectivity index (χ2v) is 7.54. The van der Waals surface area contributed by atoms with Crippen LogP contribution in [0.4, 0.5) is 0 Å². The molecular formula is C13H21N3O4S. The maximum absolute atomic E-state index is 12.6. The maximum Gasteiger partial charge on any atom is 0.352 e. The molecule has 2 heterocycles. The molecular weight excluding hydrogens is 294 g/mol. The normalized spacial score (nSPS) is 20.9. The van der Waals surface area contributed by atoms with Crippen molar-refractivity contribution in [1.82, 2.24) is 13.8 Å². The van der Waals surface area contributed by atoms with Crippen molar-refractivity contribution in [1.29, 1.82) is 0 Å². The fourth-order valence-electron chi connectivity index (χ4n) is 2.60. The van der Waals surface area contributed by atoms with Crippen LogP contribution in [0.3, 0.4) is 0 Å². The van der Waals surface area contributed by atoms with Crippen LogP contribution in [0.25, 0.3) is 0 Å². The summed E-state index contributed by atoms with van der Waals surface area (Å²) in [7, 11) is 1.76. The molecule has 1 fully saturated rings. The average molecular weight is 315 g/mol. The third kappa shape index (κ3) is 3.12. The van der Waals surface area contributed by atoms with Gasteiger partial charge in [-0.2, -0.15) is 4.31 Å². The molecule has 1 unspecified atom stereocenters. The molecule has 1 saturated heterocycles. The van der Waals surface area contributed by atoms with Gasteiger partial charge in [-0.25, -0.2) is 13.2 Å². The first-order valence-corrected chi connectivity index (χ1v) is 8.23. The lowest BCUT2D eigenvalue weighted by atomic mass is 10.1. The van der Waals surface area contributed by atoms with E-state index in [1.807, 2.05) is 19.0 Å². The van der Waals surface area contributed by atoms with Crippen LogP contribution in [0.15, 0.2) is 17.2 Å². The van der Waals surface area contributed by atoms with Crippen molar-refractivity contribution in [2.45, 2.75) is 23.8 Å². The molecule has 0 aromatic carbocycles. The highest BCUT2D eigenvalue weighted by Gasteiger charge is 2.32. The summed E-state index contributed by atoms with van der Waals surface area (Å²) in [4.78, 5) is 13.1. The molecule has 1 atom stereocenters. The number of aromatic nitrogens is 1. The minimum atomic E-state index is -3.64. The van der Waals surface area contributed by atoms with Gasteiger partial charge in [0.25, 0.3) is 0 Å². The molecule has 1 aliphatic rings. The van der Waals surface area contributed by atoms with Crippen molar-refractivity contribution in [2.24, 2.45) is 7.05 Å². The molecule has 1 N–H and O–H groups in total. The van der Waals surface area contributed by atoms with E-state index in [4.69, 9.17) is 5.11 Å². The number of piperidine rings is 1. The molecule has 7 nitrogen and oxygen atoms in total. The lowest BCUT2D eigenvalue weighted by Crippen LogP contribution is -2.47. The zero-order valence-electron chi connectivity index (χ0n) is 12.5. The third-order valence-corrected chi connectivity index (χ3v) is 5.76. The van der Waals surface area contributed by atoms with Crippen molar-refractivity contribution in [3.63, 3.8) is 0 Å². The summed E-state index contributed by atoms with van der Waals surface area (Å²) in [6.45, 7) is 0.913. The first kappa shape index (κ1) is 16.0. The van der Waals surface area contributed by atoms with E-state index in [2.05, 4.69) is 0 Å². The van der Waals surface area contributed by atoms with Crippen molar-refractivity contribution < 1.29 is 18.3 Å². The number of carboxylic acids is 1. The second kappa shape index (κ2) is 5.78. The first-order chi connectivity index (χ1) is 9.73. The van der Waals surface area contributed by atoms with Crippen LogP contribution >= 0.6 is 0 Å². The van der Waals surface area contributed by atoms with Crippen molar-refractivity contribution >= 4 is 16.0 Å². The van der Waals surface area contributed by atoms with Gasteiger partial charge in [0.2, 0.25) is 10.0 Å². The lowest BCUT2D eigenvalue weighted by molar-refractivity contribution is 0.0686. The SMILES string of the molecule is CN(C)C1CCCN(S(=O)(=O)c2cc(C(=O)O)n(C)c2)C1. The zero-order valence-corrected chi connectivity index (χ0v) is 13.3. The molecule has 0 saturated carbocycles. The molecule has 0 bridgehead atoms. The highest BCUT2D eigenvalue weighted by Crippen LogP contribution is 2.23. The Morgan fingerprint density at radius 2 is 2.10 bits per heavy atom. The van der Waals surface area contributed by atoms with E-state index in [1.165, 1.54) is 28.2 Å². The highest BCUT2D eigenvalue weighted by atomic mass is 32.2. The quantitative estimate of drug-likeness (QED) is 0.871. The van der Waals surface area contributed by atoms with Crippen molar-refractivity contribution in [2.75, 3.05) is 27.2 Å². The molecule has 0 amide bonds. The van der Waals surface area contributed by atoms with Gasteiger partial charge in [-0.1, -0.05) is 0 Å². The largest absolute Gasteiger partial charge is 0.477 e. The Kier molecular flexibility index (Phi) is 4.40. The predicted octanol–water partition coefficient (Wildman–Crippen LogP) is 0.438. The fourth-order valence-corrected chi connectivity index (χ4v) is 4.19. The predicted molar refractivity (Wildman–Crippen MR) is 77.8 cm³/mol. The first-order valence-electron chi connectivity index (χ1n) is 6.79. The Morgan fingerprint density at radius 3 is 2.62 bits per heavy atom. The smallest absolute Gasteiger partial charge is 0.352 e. The molecule has 0 spiro atoms. The molecule has 8 heteroatoms. The van der Waals surface area contributed by atoms with E-state index in [-0.39, 0.29) is 16.6 Å². The van der Waals surface area contributed by atoms with Gasteiger partial charge in [0.05, 0.1) is 0 Å². The molecule has 0 radical (unpaired) electrons. The number of aromatic carboxylic acids is 1. The summed E-state index contributed by atoms with van der Waals surface area (Å²) in [6, 6.07) is 1.41. The molecule has 0 aliphatic carbocycles. The van der Waals surface area contributed by atoms with E-state index in [0.717, 1.165) is 12.8 Å². The lowest BCUT2D eigenvalue weighted by Gasteiger charge is -2.35. The third-order valence-electron chi connectivity index (χ3n) is 3.93. The Morgan fingerprint density at radius 1 is 1.43 bits per heavy atom. The fraction of sp³-hybridized carbons (Fsp3) is 0.615. The standard InChI is InChI=1S/C13H21N3O4S/c1-14(2)10-5-4-6-16(8-10)21(19,20)11-7-12(13(17)18)15(3)9-11/h7,9-10H,4-6,8H2,1-3H3,(H,17,18). The molecule has 1 aromatic heterocycles. The van der Waals surface area contributed by atoms with Gasteiger partial charge in [-0.05, 0) is 33.0 Å². The molecule has 21 heavy (non-hydrogen) atoms. The van der Waals surface area contributed by atoms with E-state index in [0.29, 0.717) is 13.1 Å². The number of carboxylic acid groups (broad SMARTS) is 1. The van der Waals surface area contributed by atoms with Gasteiger partial charge >= 0.3 is 5.97 Å². The monoisotopic (exact) mass is 315 g/mol. The van der Waals surface area contributed by atoms with E-state index in [9.17, 15) is 13.2 Å². The summed E-state index contributed by atoms with van der Waals surface area (Å²) in [5.41, 5.74) is -0.0326. The van der Waals surface area contributed by atoms with E-state index >= 15 is 0 Å². The Balaban J connectivity index is 2.29. The summed E-state index contributed by atoms with van der Waals surface area (Å²) < 4.78 is 28.1. The van der Waals surface area contributed by atoms with Gasteiger partial charge < -0.3 is 14.6 Å². The second-order valence-electron chi connectivity index (χ2n) is 5.60. The van der Waals surface area contributed by atoms with E-state index in [1.54, 1.807) is 0 Å². The average Bonchev–Trinajstić information content (AvgIpc) is 2.82. The molecule has 118 valence electrons. The number of sulfonamides is 1. The number of hydrogen-bond acceptors (Lipinski definition) is 4. The number of likely N-dealkylation sites (N-methyl/N-ethyl adjacent to an activating group) is 1. The number of aryl methyl sites for hydroxylation is 1. The number of rotatable bonds is 4. The molecule has 1 aliphatic heterocycles. The minimum absolute atomic E-state index is 0.0326. The Labute approximate surface area is 124 Å². The van der Waals surface area contributed by atoms with Crippen LogP contribution < -0.4 is 0 Å². The van der Waals surface area contributed by atoms with E-state index < -0.39 is 16.0 Å². The van der Waals surface area contributed by atoms with Crippen LogP contribution in [-0.2, 0) is 17.1 Å². The van der Waals surface area contributed by atoms with Crippen LogP contribution in [0.5, 0.6) is 0 Å². The van der Waals surface area contributed by atoms with Crippen LogP contribution in [-0.4, -0.2) is 66.5 Å². The topological polar surface area (TPSA) is 82.8 Å². The number of nitrogens with zero attached hydrogens (tertiary/aromatic N) is 3. The summed E-state index contributed by atoms with van der Waals surface area (Å²) >= 11 is 0. The maximum atomic E-state index is 12.6. The summed E-state index contributed by atoms with van der Waals surface area (Å²) in [5, 5.41) is 9.03. The highest BCUT2D eigenvalue weighted by molar-refractivity contribution is 7.89. The Bertz CT molecular complexity index is 636. The summed E-state index contributed by atoms with van der Waals surface area (Å²) in [5.74, 6) is -1.14. The van der Waals surface area contributed by atoms with Gasteiger partial charge in [-0.3, -0.25) is 0 Å². The van der Waals surface area contributed by atoms with Crippen LogP contribution in [0.2, 0.25) is 0 Å². The van der Waals surface area contributed by atoms with Crippen molar-refractivity contribution in [3.8, 4) is 0 Å². The zero-order chi connectivity index (χ0) is 15.8. The van der Waals surface area contributed by atoms with Gasteiger partial charge in [0, 0.05) is 32.4 Å². The van der Waals surface area contributed by atoms with Crippen molar-refractivity contribution in [3.05, 3.63) is 18.0 Å². The molecule has 1 aromatic rings. The number of carbonyl (C=O) groups is 1.